The Kier molecular flexibility index (Phi) is 4.82. The number of carbonyl (C=O) groups is 1. The molecule has 6 nitrogen and oxygen atoms in total. The molecule has 1 aromatic carbocycles. The van der Waals surface area contributed by atoms with E-state index in [2.05, 4.69) is 15.7 Å². The number of hydrogen-bond acceptors (Lipinski definition) is 4. The second-order valence-electron chi connectivity index (χ2n) is 5.31. The number of hydrogen-bond donors (Lipinski definition) is 2. The lowest BCUT2D eigenvalue weighted by Crippen LogP contribution is -2.34. The molecule has 1 amide bonds. The van der Waals surface area contributed by atoms with Crippen molar-refractivity contribution in [3.8, 4) is 5.69 Å². The van der Waals surface area contributed by atoms with Crippen LogP contribution in [0.4, 0.5) is 5.69 Å². The number of ether oxygens (including phenoxy) is 1. The lowest BCUT2D eigenvalue weighted by molar-refractivity contribution is -0.123. The molecule has 0 unspecified atom stereocenters. The average molecular weight is 300 g/mol. The van der Waals surface area contributed by atoms with Crippen LogP contribution in [-0.2, 0) is 9.53 Å². The Morgan fingerprint density at radius 1 is 1.36 bits per heavy atom. The van der Waals surface area contributed by atoms with Gasteiger partial charge in [-0.1, -0.05) is 6.07 Å². The number of nitrogens with zero attached hydrogens (tertiary/aromatic N) is 2. The zero-order valence-electron chi connectivity index (χ0n) is 12.4. The predicted octanol–water partition coefficient (Wildman–Crippen LogP) is 1.58. The van der Waals surface area contributed by atoms with Crippen molar-refractivity contribution in [2.75, 3.05) is 25.0 Å². The maximum absolute atomic E-state index is 12.0. The number of piperidine rings is 1. The van der Waals surface area contributed by atoms with Gasteiger partial charge in [0, 0.05) is 18.1 Å². The summed E-state index contributed by atoms with van der Waals surface area (Å²) in [6.07, 6.45) is 5.69. The molecule has 116 valence electrons. The van der Waals surface area contributed by atoms with Crippen molar-refractivity contribution < 1.29 is 9.53 Å². The summed E-state index contributed by atoms with van der Waals surface area (Å²) >= 11 is 0. The first kappa shape index (κ1) is 14.7. The van der Waals surface area contributed by atoms with Gasteiger partial charge in [0.15, 0.2) is 0 Å². The molecule has 0 spiro atoms. The van der Waals surface area contributed by atoms with E-state index in [0.717, 1.165) is 37.3 Å². The number of benzene rings is 1. The minimum atomic E-state index is -0.129. The molecule has 0 radical (unpaired) electrons. The molecule has 1 fully saturated rings. The van der Waals surface area contributed by atoms with Crippen LogP contribution in [0.2, 0.25) is 0 Å². The fraction of sp³-hybridized carbons (Fsp3) is 0.375. The van der Waals surface area contributed by atoms with Crippen LogP contribution in [0, 0.1) is 0 Å². The van der Waals surface area contributed by atoms with E-state index >= 15 is 0 Å². The highest BCUT2D eigenvalue weighted by Crippen LogP contribution is 2.14. The average Bonchev–Trinajstić information content (AvgIpc) is 3.09. The molecule has 6 heteroatoms. The van der Waals surface area contributed by atoms with Gasteiger partial charge in [-0.25, -0.2) is 4.68 Å². The molecule has 1 aliphatic heterocycles. The number of anilines is 1. The summed E-state index contributed by atoms with van der Waals surface area (Å²) in [7, 11) is 0. The topological polar surface area (TPSA) is 68.2 Å². The fourth-order valence-electron chi connectivity index (χ4n) is 2.50. The first-order valence-electron chi connectivity index (χ1n) is 7.53. The smallest absolute Gasteiger partial charge is 0.250 e. The molecule has 1 aliphatic rings. The summed E-state index contributed by atoms with van der Waals surface area (Å²) in [4.78, 5) is 12.0. The van der Waals surface area contributed by atoms with Crippen molar-refractivity contribution in [3.63, 3.8) is 0 Å². The molecule has 3 rings (SSSR count). The van der Waals surface area contributed by atoms with Crippen molar-refractivity contribution in [2.24, 2.45) is 0 Å². The van der Waals surface area contributed by atoms with Crippen LogP contribution in [0.15, 0.2) is 42.7 Å². The largest absolute Gasteiger partial charge is 0.368 e. The summed E-state index contributed by atoms with van der Waals surface area (Å²) < 4.78 is 7.40. The lowest BCUT2D eigenvalue weighted by atomic mass is 10.1. The van der Waals surface area contributed by atoms with E-state index in [-0.39, 0.29) is 18.6 Å². The van der Waals surface area contributed by atoms with Crippen molar-refractivity contribution in [1.29, 1.82) is 0 Å². The Morgan fingerprint density at radius 3 is 3.00 bits per heavy atom. The van der Waals surface area contributed by atoms with E-state index in [1.807, 2.05) is 36.5 Å². The number of nitrogens with one attached hydrogen (secondary N) is 2. The number of rotatable bonds is 5. The van der Waals surface area contributed by atoms with Crippen LogP contribution in [0.25, 0.3) is 5.69 Å². The Balaban J connectivity index is 1.54. The van der Waals surface area contributed by atoms with Crippen LogP contribution in [0.1, 0.15) is 12.8 Å². The molecule has 2 N–H and O–H groups in total. The van der Waals surface area contributed by atoms with Crippen LogP contribution in [0.5, 0.6) is 0 Å². The summed E-state index contributed by atoms with van der Waals surface area (Å²) in [5.74, 6) is -0.129. The molecule has 0 bridgehead atoms. The highest BCUT2D eigenvalue weighted by molar-refractivity contribution is 5.91. The standard InChI is InChI=1S/C16H20N4O2/c21-16(12-22-15-5-8-17-9-6-15)19-13-3-1-4-14(11-13)20-10-2-7-18-20/h1-4,7,10-11,15,17H,5-6,8-9,12H2,(H,19,21). The number of amides is 1. The third-order valence-corrected chi connectivity index (χ3v) is 3.64. The maximum Gasteiger partial charge on any atom is 0.250 e. The van der Waals surface area contributed by atoms with E-state index in [4.69, 9.17) is 4.74 Å². The summed E-state index contributed by atoms with van der Waals surface area (Å²) in [5.41, 5.74) is 1.65. The highest BCUT2D eigenvalue weighted by atomic mass is 16.5. The van der Waals surface area contributed by atoms with Gasteiger partial charge in [-0.2, -0.15) is 5.10 Å². The Hall–Kier alpha value is -2.18. The van der Waals surface area contributed by atoms with Crippen molar-refractivity contribution >= 4 is 11.6 Å². The van der Waals surface area contributed by atoms with E-state index < -0.39 is 0 Å². The molecule has 0 aliphatic carbocycles. The molecule has 0 saturated carbocycles. The minimum Gasteiger partial charge on any atom is -0.368 e. The molecule has 0 atom stereocenters. The zero-order chi connectivity index (χ0) is 15.2. The lowest BCUT2D eigenvalue weighted by Gasteiger charge is -2.22. The van der Waals surface area contributed by atoms with Gasteiger partial charge in [0.05, 0.1) is 11.8 Å². The van der Waals surface area contributed by atoms with E-state index in [0.29, 0.717) is 0 Å². The van der Waals surface area contributed by atoms with Gasteiger partial charge < -0.3 is 15.4 Å². The molecule has 2 aromatic rings. The van der Waals surface area contributed by atoms with Gasteiger partial charge in [-0.15, -0.1) is 0 Å². The summed E-state index contributed by atoms with van der Waals surface area (Å²) in [6, 6.07) is 9.43. The van der Waals surface area contributed by atoms with Gasteiger partial charge >= 0.3 is 0 Å². The van der Waals surface area contributed by atoms with Crippen LogP contribution in [0.3, 0.4) is 0 Å². The Bertz CT molecular complexity index is 606. The van der Waals surface area contributed by atoms with Crippen LogP contribution in [-0.4, -0.2) is 41.5 Å². The number of carbonyl (C=O) groups excluding carboxylic acids is 1. The third-order valence-electron chi connectivity index (χ3n) is 3.64. The highest BCUT2D eigenvalue weighted by Gasteiger charge is 2.14. The Morgan fingerprint density at radius 2 is 2.23 bits per heavy atom. The summed E-state index contributed by atoms with van der Waals surface area (Å²) in [5, 5.41) is 10.3. The first-order chi connectivity index (χ1) is 10.8. The van der Waals surface area contributed by atoms with Crippen molar-refractivity contribution in [3.05, 3.63) is 42.7 Å². The van der Waals surface area contributed by atoms with E-state index in [9.17, 15) is 4.79 Å². The fourth-order valence-corrected chi connectivity index (χ4v) is 2.50. The quantitative estimate of drug-likeness (QED) is 0.880. The van der Waals surface area contributed by atoms with Gasteiger partial charge in [-0.3, -0.25) is 4.79 Å². The number of aromatic nitrogens is 2. The minimum absolute atomic E-state index is 0.0939. The van der Waals surface area contributed by atoms with Gasteiger partial charge in [0.2, 0.25) is 5.91 Å². The summed E-state index contributed by atoms with van der Waals surface area (Å²) in [6.45, 7) is 2.01. The van der Waals surface area contributed by atoms with Crippen LogP contribution >= 0.6 is 0 Å². The van der Waals surface area contributed by atoms with Crippen LogP contribution < -0.4 is 10.6 Å². The van der Waals surface area contributed by atoms with Gasteiger partial charge in [0.25, 0.3) is 0 Å². The SMILES string of the molecule is O=C(COC1CCNCC1)Nc1cccc(-n2cccn2)c1. The molecule has 2 heterocycles. The molecular formula is C16H20N4O2. The van der Waals surface area contributed by atoms with E-state index in [1.165, 1.54) is 0 Å². The normalized spacial score (nSPS) is 15.6. The van der Waals surface area contributed by atoms with Crippen molar-refractivity contribution in [2.45, 2.75) is 18.9 Å². The molecule has 1 aromatic heterocycles. The monoisotopic (exact) mass is 300 g/mol. The van der Waals surface area contributed by atoms with Gasteiger partial charge in [-0.05, 0) is 50.2 Å². The maximum atomic E-state index is 12.0. The zero-order valence-corrected chi connectivity index (χ0v) is 12.4. The van der Waals surface area contributed by atoms with Crippen molar-refractivity contribution in [1.82, 2.24) is 15.1 Å². The third kappa shape index (κ3) is 3.93. The molecule has 1 saturated heterocycles. The first-order valence-corrected chi connectivity index (χ1v) is 7.53. The molecule has 22 heavy (non-hydrogen) atoms. The second kappa shape index (κ2) is 7.20. The van der Waals surface area contributed by atoms with Gasteiger partial charge in [0.1, 0.15) is 6.61 Å². The second-order valence-corrected chi connectivity index (χ2v) is 5.31. The van der Waals surface area contributed by atoms with E-state index in [1.54, 1.807) is 10.9 Å². The predicted molar refractivity (Wildman–Crippen MR) is 84.0 cm³/mol. The molecular weight excluding hydrogens is 280 g/mol. The Labute approximate surface area is 129 Å².